The zero-order valence-electron chi connectivity index (χ0n) is 11.8. The normalized spacial score (nSPS) is 13.2. The van der Waals surface area contributed by atoms with Crippen molar-refractivity contribution in [2.45, 2.75) is 32.6 Å². The van der Waals surface area contributed by atoms with Gasteiger partial charge in [0, 0.05) is 6.92 Å². The molecule has 1 aromatic carbocycles. The molecular weight excluding hydrogens is 262 g/mol. The van der Waals surface area contributed by atoms with Crippen molar-refractivity contribution in [1.82, 2.24) is 5.32 Å². The van der Waals surface area contributed by atoms with Crippen molar-refractivity contribution in [3.63, 3.8) is 0 Å². The fourth-order valence-corrected chi connectivity index (χ4v) is 1.56. The molecule has 6 heteroatoms. The molecule has 110 valence electrons. The first-order chi connectivity index (χ1) is 9.43. The Morgan fingerprint density at radius 2 is 1.90 bits per heavy atom. The van der Waals surface area contributed by atoms with Crippen LogP contribution in [-0.2, 0) is 20.9 Å². The highest BCUT2D eigenvalue weighted by molar-refractivity contribution is 5.83. The quantitative estimate of drug-likeness (QED) is 0.747. The maximum Gasteiger partial charge on any atom is 0.331 e. The molecule has 0 heterocycles. The largest absolute Gasteiger partial charge is 0.497 e. The third-order valence-electron chi connectivity index (χ3n) is 2.64. The Morgan fingerprint density at radius 1 is 1.30 bits per heavy atom. The fraction of sp³-hybridized carbons (Fsp3) is 0.429. The Kier molecular flexibility index (Phi) is 5.99. The molecule has 2 atom stereocenters. The summed E-state index contributed by atoms with van der Waals surface area (Å²) in [5, 5.41) is 11.8. The molecule has 0 radical (unpaired) electrons. The van der Waals surface area contributed by atoms with Crippen LogP contribution in [0.2, 0.25) is 0 Å². The van der Waals surface area contributed by atoms with Crippen LogP contribution < -0.4 is 10.1 Å². The zero-order valence-corrected chi connectivity index (χ0v) is 11.8. The van der Waals surface area contributed by atoms with Gasteiger partial charge in [-0.1, -0.05) is 12.1 Å². The Hall–Kier alpha value is -2.08. The van der Waals surface area contributed by atoms with Gasteiger partial charge in [0.25, 0.3) is 0 Å². The van der Waals surface area contributed by atoms with Crippen LogP contribution in [0.4, 0.5) is 0 Å². The molecule has 0 aliphatic carbocycles. The average Bonchev–Trinajstić information content (AvgIpc) is 2.42. The summed E-state index contributed by atoms with van der Waals surface area (Å²) in [7, 11) is 1.57. The fourth-order valence-electron chi connectivity index (χ4n) is 1.56. The maximum atomic E-state index is 11.8. The zero-order chi connectivity index (χ0) is 15.1. The van der Waals surface area contributed by atoms with E-state index in [0.717, 1.165) is 5.56 Å². The van der Waals surface area contributed by atoms with Gasteiger partial charge in [-0.15, -0.1) is 0 Å². The summed E-state index contributed by atoms with van der Waals surface area (Å²) in [6, 6.07) is 5.97. The molecule has 0 aliphatic rings. The van der Waals surface area contributed by atoms with Crippen molar-refractivity contribution in [2.75, 3.05) is 7.11 Å². The lowest BCUT2D eigenvalue weighted by Gasteiger charge is -2.19. The molecule has 0 bridgehead atoms. The number of carbonyl (C=O) groups excluding carboxylic acids is 2. The summed E-state index contributed by atoms with van der Waals surface area (Å²) in [4.78, 5) is 22.8. The number of benzene rings is 1. The predicted molar refractivity (Wildman–Crippen MR) is 72.1 cm³/mol. The van der Waals surface area contributed by atoms with Crippen LogP contribution in [0.1, 0.15) is 19.4 Å². The molecule has 6 nitrogen and oxygen atoms in total. The van der Waals surface area contributed by atoms with Crippen LogP contribution in [0.15, 0.2) is 24.3 Å². The van der Waals surface area contributed by atoms with E-state index in [1.54, 1.807) is 31.4 Å². The number of esters is 1. The van der Waals surface area contributed by atoms with E-state index >= 15 is 0 Å². The van der Waals surface area contributed by atoms with E-state index in [0.29, 0.717) is 5.75 Å². The van der Waals surface area contributed by atoms with Crippen molar-refractivity contribution >= 4 is 11.9 Å². The highest BCUT2D eigenvalue weighted by Crippen LogP contribution is 2.12. The van der Waals surface area contributed by atoms with Gasteiger partial charge in [-0.25, -0.2) is 4.79 Å². The number of amides is 1. The standard InChI is InChI=1S/C14H19NO5/c1-9(16)13(15-10(2)17)14(18)20-8-11-4-6-12(19-3)7-5-11/h4-7,9,13,16H,8H2,1-3H3,(H,15,17). The second kappa shape index (κ2) is 7.49. The van der Waals surface area contributed by atoms with Crippen LogP contribution in [0.25, 0.3) is 0 Å². The monoisotopic (exact) mass is 281 g/mol. The number of aliphatic hydroxyl groups excluding tert-OH is 1. The van der Waals surface area contributed by atoms with E-state index in [9.17, 15) is 14.7 Å². The number of rotatable bonds is 6. The van der Waals surface area contributed by atoms with Gasteiger partial charge in [0.15, 0.2) is 6.04 Å². The smallest absolute Gasteiger partial charge is 0.331 e. The summed E-state index contributed by atoms with van der Waals surface area (Å²) in [5.74, 6) is -0.372. The molecule has 0 saturated carbocycles. The lowest BCUT2D eigenvalue weighted by Crippen LogP contribution is -2.47. The Bertz CT molecular complexity index is 455. The Balaban J connectivity index is 2.57. The molecule has 0 aromatic heterocycles. The summed E-state index contributed by atoms with van der Waals surface area (Å²) >= 11 is 0. The van der Waals surface area contributed by atoms with Crippen LogP contribution in [-0.4, -0.2) is 36.2 Å². The molecule has 0 spiro atoms. The first-order valence-electron chi connectivity index (χ1n) is 6.18. The molecule has 1 amide bonds. The summed E-state index contributed by atoms with van der Waals surface area (Å²) in [6.45, 7) is 2.74. The minimum atomic E-state index is -1.06. The first-order valence-corrected chi connectivity index (χ1v) is 6.18. The van der Waals surface area contributed by atoms with Crippen molar-refractivity contribution < 1.29 is 24.2 Å². The lowest BCUT2D eigenvalue weighted by molar-refractivity contribution is -0.152. The topological polar surface area (TPSA) is 84.9 Å². The van der Waals surface area contributed by atoms with E-state index < -0.39 is 24.0 Å². The van der Waals surface area contributed by atoms with E-state index in [-0.39, 0.29) is 6.61 Å². The van der Waals surface area contributed by atoms with Gasteiger partial charge >= 0.3 is 5.97 Å². The number of hydrogen-bond donors (Lipinski definition) is 2. The molecule has 0 aliphatic heterocycles. The highest BCUT2D eigenvalue weighted by Gasteiger charge is 2.25. The molecule has 2 N–H and O–H groups in total. The van der Waals surface area contributed by atoms with Crippen LogP contribution in [0, 0.1) is 0 Å². The van der Waals surface area contributed by atoms with E-state index in [1.165, 1.54) is 13.8 Å². The molecule has 0 fully saturated rings. The molecular formula is C14H19NO5. The van der Waals surface area contributed by atoms with Crippen LogP contribution in [0.3, 0.4) is 0 Å². The number of hydrogen-bond acceptors (Lipinski definition) is 5. The van der Waals surface area contributed by atoms with E-state index in [2.05, 4.69) is 5.32 Å². The molecule has 2 unspecified atom stereocenters. The van der Waals surface area contributed by atoms with Gasteiger partial charge in [0.1, 0.15) is 12.4 Å². The minimum absolute atomic E-state index is 0.0611. The SMILES string of the molecule is COc1ccc(COC(=O)C(NC(C)=O)C(C)O)cc1. The minimum Gasteiger partial charge on any atom is -0.497 e. The lowest BCUT2D eigenvalue weighted by atomic mass is 10.2. The number of aliphatic hydroxyl groups is 1. The molecule has 1 rings (SSSR count). The Morgan fingerprint density at radius 3 is 2.35 bits per heavy atom. The number of carbonyl (C=O) groups is 2. The first kappa shape index (κ1) is 16.0. The van der Waals surface area contributed by atoms with Crippen molar-refractivity contribution in [3.8, 4) is 5.75 Å². The highest BCUT2D eigenvalue weighted by atomic mass is 16.5. The van der Waals surface area contributed by atoms with Gasteiger partial charge in [-0.05, 0) is 24.6 Å². The number of ether oxygens (including phenoxy) is 2. The molecule has 20 heavy (non-hydrogen) atoms. The van der Waals surface area contributed by atoms with Crippen molar-refractivity contribution in [2.24, 2.45) is 0 Å². The second-order valence-electron chi connectivity index (χ2n) is 4.37. The van der Waals surface area contributed by atoms with Crippen LogP contribution in [0.5, 0.6) is 5.75 Å². The molecule has 1 aromatic rings. The van der Waals surface area contributed by atoms with Gasteiger partial charge in [0.05, 0.1) is 13.2 Å². The average molecular weight is 281 g/mol. The van der Waals surface area contributed by atoms with Crippen molar-refractivity contribution in [3.05, 3.63) is 29.8 Å². The Labute approximate surface area is 117 Å². The number of methoxy groups -OCH3 is 1. The summed E-state index contributed by atoms with van der Waals surface area (Å²) in [6.07, 6.45) is -1.03. The van der Waals surface area contributed by atoms with E-state index in [1.807, 2.05) is 0 Å². The number of nitrogens with one attached hydrogen (secondary N) is 1. The summed E-state index contributed by atoms with van der Waals surface area (Å²) in [5.41, 5.74) is 0.784. The van der Waals surface area contributed by atoms with Gasteiger partial charge in [-0.3, -0.25) is 4.79 Å². The summed E-state index contributed by atoms with van der Waals surface area (Å²) < 4.78 is 10.1. The van der Waals surface area contributed by atoms with Gasteiger partial charge < -0.3 is 19.9 Å². The third-order valence-corrected chi connectivity index (χ3v) is 2.64. The van der Waals surface area contributed by atoms with Crippen LogP contribution >= 0.6 is 0 Å². The maximum absolute atomic E-state index is 11.8. The third kappa shape index (κ3) is 4.89. The van der Waals surface area contributed by atoms with Gasteiger partial charge in [0.2, 0.25) is 5.91 Å². The predicted octanol–water partition coefficient (Wildman–Crippen LogP) is 0.624. The second-order valence-corrected chi connectivity index (χ2v) is 4.37. The van der Waals surface area contributed by atoms with Crippen molar-refractivity contribution in [1.29, 1.82) is 0 Å². The molecule has 0 saturated heterocycles. The van der Waals surface area contributed by atoms with Gasteiger partial charge in [-0.2, -0.15) is 0 Å². The van der Waals surface area contributed by atoms with E-state index in [4.69, 9.17) is 9.47 Å².